The van der Waals surface area contributed by atoms with Crippen molar-refractivity contribution >= 4 is 27.5 Å². The van der Waals surface area contributed by atoms with Crippen LogP contribution in [0.1, 0.15) is 19.3 Å². The Morgan fingerprint density at radius 1 is 1.28 bits per heavy atom. The topological polar surface area (TPSA) is 130 Å². The summed E-state index contributed by atoms with van der Waals surface area (Å²) in [7, 11) is -2.27. The number of sulfonamides is 1. The van der Waals surface area contributed by atoms with E-state index in [2.05, 4.69) is 15.4 Å². The van der Waals surface area contributed by atoms with Gasteiger partial charge in [0.2, 0.25) is 21.8 Å². The van der Waals surface area contributed by atoms with Crippen molar-refractivity contribution < 1.29 is 18.0 Å². The minimum Gasteiger partial charge on any atom is -0.347 e. The molecule has 0 unspecified atom stereocenters. The fourth-order valence-electron chi connectivity index (χ4n) is 3.03. The van der Waals surface area contributed by atoms with Crippen LogP contribution in [-0.2, 0) is 19.6 Å². The van der Waals surface area contributed by atoms with Gasteiger partial charge in [0, 0.05) is 11.6 Å². The zero-order valence-corrected chi connectivity index (χ0v) is 14.9. The SMILES string of the molecule is CNS(=O)(=O)c1cccc(NC(=O)CNC(=O)[C@@H]2CCC[C@@H]2CN)c1. The van der Waals surface area contributed by atoms with Crippen LogP contribution in [0.4, 0.5) is 5.69 Å². The Kier molecular flexibility index (Phi) is 6.51. The molecule has 0 heterocycles. The molecule has 8 nitrogen and oxygen atoms in total. The van der Waals surface area contributed by atoms with Gasteiger partial charge in [-0.1, -0.05) is 12.5 Å². The van der Waals surface area contributed by atoms with Gasteiger partial charge in [0.25, 0.3) is 0 Å². The van der Waals surface area contributed by atoms with Crippen molar-refractivity contribution in [2.24, 2.45) is 17.6 Å². The Morgan fingerprint density at radius 3 is 2.72 bits per heavy atom. The molecule has 5 N–H and O–H groups in total. The lowest BCUT2D eigenvalue weighted by molar-refractivity contribution is -0.128. The van der Waals surface area contributed by atoms with E-state index in [-0.39, 0.29) is 29.2 Å². The number of hydrogen-bond donors (Lipinski definition) is 4. The number of carbonyl (C=O) groups excluding carboxylic acids is 2. The van der Waals surface area contributed by atoms with Crippen LogP contribution in [0.15, 0.2) is 29.2 Å². The highest BCUT2D eigenvalue weighted by molar-refractivity contribution is 7.89. The van der Waals surface area contributed by atoms with Crippen molar-refractivity contribution in [2.45, 2.75) is 24.2 Å². The van der Waals surface area contributed by atoms with Gasteiger partial charge >= 0.3 is 0 Å². The molecule has 1 aromatic carbocycles. The van der Waals surface area contributed by atoms with Gasteiger partial charge in [-0.15, -0.1) is 0 Å². The van der Waals surface area contributed by atoms with E-state index in [0.29, 0.717) is 12.2 Å². The van der Waals surface area contributed by atoms with E-state index in [1.165, 1.54) is 25.2 Å². The maximum atomic E-state index is 12.2. The van der Waals surface area contributed by atoms with Gasteiger partial charge < -0.3 is 16.4 Å². The molecule has 1 fully saturated rings. The predicted octanol–water partition coefficient (Wildman–Crippen LogP) is 0.0244. The normalized spacial score (nSPS) is 20.2. The van der Waals surface area contributed by atoms with Gasteiger partial charge in [0.15, 0.2) is 0 Å². The van der Waals surface area contributed by atoms with Crippen LogP contribution in [0.3, 0.4) is 0 Å². The molecular formula is C16H24N4O4S. The summed E-state index contributed by atoms with van der Waals surface area (Å²) in [5, 5.41) is 5.21. The Labute approximate surface area is 147 Å². The van der Waals surface area contributed by atoms with Gasteiger partial charge in [-0.3, -0.25) is 9.59 Å². The van der Waals surface area contributed by atoms with Gasteiger partial charge in [-0.05, 0) is 50.6 Å². The highest BCUT2D eigenvalue weighted by atomic mass is 32.2. The summed E-state index contributed by atoms with van der Waals surface area (Å²) in [5.74, 6) is -0.544. The van der Waals surface area contributed by atoms with Crippen LogP contribution >= 0.6 is 0 Å². The van der Waals surface area contributed by atoms with Crippen molar-refractivity contribution in [3.63, 3.8) is 0 Å². The van der Waals surface area contributed by atoms with Crippen LogP contribution in [0.25, 0.3) is 0 Å². The number of anilines is 1. The largest absolute Gasteiger partial charge is 0.347 e. The van der Waals surface area contributed by atoms with Gasteiger partial charge in [-0.2, -0.15) is 0 Å². The molecule has 2 rings (SSSR count). The molecule has 1 aliphatic rings. The monoisotopic (exact) mass is 368 g/mol. The highest BCUT2D eigenvalue weighted by Crippen LogP contribution is 2.30. The van der Waals surface area contributed by atoms with Gasteiger partial charge in [0.1, 0.15) is 0 Å². The van der Waals surface area contributed by atoms with E-state index in [1.807, 2.05) is 0 Å². The fourth-order valence-corrected chi connectivity index (χ4v) is 3.80. The van der Waals surface area contributed by atoms with E-state index in [1.54, 1.807) is 6.07 Å². The second-order valence-corrected chi connectivity index (χ2v) is 7.92. The first-order valence-corrected chi connectivity index (χ1v) is 9.67. The quantitative estimate of drug-likeness (QED) is 0.539. The molecule has 2 atom stereocenters. The molecule has 2 amide bonds. The summed E-state index contributed by atoms with van der Waals surface area (Å²) < 4.78 is 25.7. The molecule has 0 aliphatic heterocycles. The zero-order valence-electron chi connectivity index (χ0n) is 14.1. The molecule has 0 spiro atoms. The lowest BCUT2D eigenvalue weighted by Crippen LogP contribution is -2.39. The standard InChI is InChI=1S/C16H24N4O4S/c1-18-25(23,24)13-6-3-5-12(8-13)20-15(21)10-19-16(22)14-7-2-4-11(14)9-17/h3,5-6,8,11,14,18H,2,4,7,9-10,17H2,1H3,(H,19,22)(H,20,21)/t11-,14-/m1/s1. The minimum absolute atomic E-state index is 0.0496. The Balaban J connectivity index is 1.90. The average molecular weight is 368 g/mol. The van der Waals surface area contributed by atoms with Crippen LogP contribution in [-0.4, -0.2) is 40.4 Å². The number of nitrogens with two attached hydrogens (primary N) is 1. The first-order chi connectivity index (χ1) is 11.9. The van der Waals surface area contributed by atoms with Crippen LogP contribution < -0.4 is 21.1 Å². The van der Waals surface area contributed by atoms with E-state index >= 15 is 0 Å². The van der Waals surface area contributed by atoms with Crippen molar-refractivity contribution in [1.29, 1.82) is 0 Å². The summed E-state index contributed by atoms with van der Waals surface area (Å²) in [6.07, 6.45) is 2.70. The molecule has 1 aromatic rings. The summed E-state index contributed by atoms with van der Waals surface area (Å²) >= 11 is 0. The predicted molar refractivity (Wildman–Crippen MR) is 94.2 cm³/mol. The Bertz CT molecular complexity index is 735. The third kappa shape index (κ3) is 5.00. The van der Waals surface area contributed by atoms with Crippen LogP contribution in [0, 0.1) is 11.8 Å². The molecule has 9 heteroatoms. The maximum absolute atomic E-state index is 12.2. The molecule has 1 aliphatic carbocycles. The lowest BCUT2D eigenvalue weighted by atomic mass is 9.95. The molecule has 138 valence electrons. The summed E-state index contributed by atoms with van der Waals surface area (Å²) in [6.45, 7) is 0.298. The van der Waals surface area contributed by atoms with Crippen molar-refractivity contribution in [3.05, 3.63) is 24.3 Å². The zero-order chi connectivity index (χ0) is 18.4. The third-order valence-corrected chi connectivity index (χ3v) is 5.83. The van der Waals surface area contributed by atoms with E-state index in [9.17, 15) is 18.0 Å². The van der Waals surface area contributed by atoms with Crippen LogP contribution in [0.2, 0.25) is 0 Å². The first kappa shape index (κ1) is 19.4. The number of rotatable bonds is 7. The second kappa shape index (κ2) is 8.41. The molecule has 1 saturated carbocycles. The number of benzene rings is 1. The van der Waals surface area contributed by atoms with Gasteiger partial charge in [-0.25, -0.2) is 13.1 Å². The minimum atomic E-state index is -3.59. The highest BCUT2D eigenvalue weighted by Gasteiger charge is 2.31. The van der Waals surface area contributed by atoms with Crippen molar-refractivity contribution in [1.82, 2.24) is 10.0 Å². The number of hydrogen-bond acceptors (Lipinski definition) is 5. The smallest absolute Gasteiger partial charge is 0.243 e. The van der Waals surface area contributed by atoms with Crippen molar-refractivity contribution in [3.8, 4) is 0 Å². The van der Waals surface area contributed by atoms with E-state index < -0.39 is 15.9 Å². The number of nitrogens with one attached hydrogen (secondary N) is 3. The molecule has 0 bridgehead atoms. The second-order valence-electron chi connectivity index (χ2n) is 6.03. The Morgan fingerprint density at radius 2 is 2.04 bits per heavy atom. The Hall–Kier alpha value is -1.97. The summed E-state index contributed by atoms with van der Waals surface area (Å²) in [6, 6.07) is 5.89. The maximum Gasteiger partial charge on any atom is 0.243 e. The first-order valence-electron chi connectivity index (χ1n) is 8.18. The summed E-state index contributed by atoms with van der Waals surface area (Å²) in [5.41, 5.74) is 6.01. The van der Waals surface area contributed by atoms with Crippen LogP contribution in [0.5, 0.6) is 0 Å². The number of carbonyl (C=O) groups is 2. The molecule has 0 aromatic heterocycles. The third-order valence-electron chi connectivity index (χ3n) is 4.42. The molecule has 0 saturated heterocycles. The summed E-state index contributed by atoms with van der Waals surface area (Å²) in [4.78, 5) is 24.2. The fraction of sp³-hybridized carbons (Fsp3) is 0.500. The molecule has 0 radical (unpaired) electrons. The molecule has 25 heavy (non-hydrogen) atoms. The number of amides is 2. The van der Waals surface area contributed by atoms with E-state index in [4.69, 9.17) is 5.73 Å². The molecular weight excluding hydrogens is 344 g/mol. The van der Waals surface area contributed by atoms with Gasteiger partial charge in [0.05, 0.1) is 11.4 Å². The lowest BCUT2D eigenvalue weighted by Gasteiger charge is -2.17. The van der Waals surface area contributed by atoms with Crippen molar-refractivity contribution in [2.75, 3.05) is 25.5 Å². The average Bonchev–Trinajstić information content (AvgIpc) is 3.08. The van der Waals surface area contributed by atoms with E-state index in [0.717, 1.165) is 19.3 Å².